The predicted molar refractivity (Wildman–Crippen MR) is 126 cm³/mol. The number of amides is 1. The Morgan fingerprint density at radius 3 is 2.22 bits per heavy atom. The normalized spacial score (nSPS) is 12.4. The summed E-state index contributed by atoms with van der Waals surface area (Å²) in [7, 11) is -3.16. The number of aromatic hydroxyl groups is 1. The van der Waals surface area contributed by atoms with E-state index in [0.29, 0.717) is 16.7 Å². The van der Waals surface area contributed by atoms with Crippen molar-refractivity contribution in [3.8, 4) is 5.75 Å². The Morgan fingerprint density at radius 2 is 1.53 bits per heavy atom. The number of sulfone groups is 1. The van der Waals surface area contributed by atoms with E-state index in [4.69, 9.17) is 0 Å². The van der Waals surface area contributed by atoms with E-state index in [1.807, 2.05) is 60.7 Å². The molecule has 32 heavy (non-hydrogen) atoms. The summed E-state index contributed by atoms with van der Waals surface area (Å²) >= 11 is 0. The molecule has 0 heterocycles. The van der Waals surface area contributed by atoms with Gasteiger partial charge in [0.1, 0.15) is 5.75 Å². The van der Waals surface area contributed by atoms with Gasteiger partial charge < -0.3 is 10.4 Å². The van der Waals surface area contributed by atoms with Gasteiger partial charge in [0.2, 0.25) is 0 Å². The van der Waals surface area contributed by atoms with Crippen molar-refractivity contribution in [2.45, 2.75) is 11.8 Å². The van der Waals surface area contributed by atoms with E-state index in [0.717, 1.165) is 16.3 Å². The van der Waals surface area contributed by atoms with Gasteiger partial charge in [-0.3, -0.25) is 4.79 Å². The van der Waals surface area contributed by atoms with Crippen LogP contribution < -0.4 is 5.32 Å². The minimum atomic E-state index is -3.16. The van der Waals surface area contributed by atoms with E-state index >= 15 is 0 Å². The molecule has 6 heteroatoms. The van der Waals surface area contributed by atoms with Gasteiger partial charge in [0, 0.05) is 17.4 Å². The summed E-state index contributed by atoms with van der Waals surface area (Å²) in [5, 5.41) is 15.6. The molecule has 4 aromatic carbocycles. The monoisotopic (exact) mass is 445 g/mol. The Labute approximate surface area is 187 Å². The smallest absolute Gasteiger partial charge is 0.252 e. The van der Waals surface area contributed by atoms with Crippen LogP contribution in [0.15, 0.2) is 91.0 Å². The Morgan fingerprint density at radius 1 is 0.875 bits per heavy atom. The Balaban J connectivity index is 1.72. The van der Waals surface area contributed by atoms with Crippen molar-refractivity contribution in [1.29, 1.82) is 0 Å². The van der Waals surface area contributed by atoms with Crippen molar-refractivity contribution in [2.75, 3.05) is 6.26 Å². The molecule has 0 aliphatic carbocycles. The number of phenols is 1. The minimum Gasteiger partial charge on any atom is -0.508 e. The average molecular weight is 446 g/mol. The fraction of sp³-hybridized carbons (Fsp3) is 0.115. The first-order valence-corrected chi connectivity index (χ1v) is 12.2. The van der Waals surface area contributed by atoms with Crippen LogP contribution >= 0.6 is 0 Å². The maximum absolute atomic E-state index is 13.1. The predicted octanol–water partition coefficient (Wildman–Crippen LogP) is 4.61. The number of rotatable bonds is 6. The number of phenolic OH excluding ortho intramolecular Hbond substituents is 1. The number of benzene rings is 4. The standard InChI is InChI=1S/C26H23NO4S/c1-32(30,31)17-18-11-13-21(14-12-18)26(29)27-25(20-8-3-2-4-9-20)24-22-10-6-5-7-19(22)15-16-23(24)28/h2-16,25,28H,17H2,1H3,(H,27,29). The third kappa shape index (κ3) is 4.81. The quantitative estimate of drug-likeness (QED) is 0.454. The minimum absolute atomic E-state index is 0.0780. The summed E-state index contributed by atoms with van der Waals surface area (Å²) in [5.74, 6) is -0.302. The van der Waals surface area contributed by atoms with Crippen LogP contribution in [-0.4, -0.2) is 25.7 Å². The third-order valence-corrected chi connectivity index (χ3v) is 6.15. The maximum Gasteiger partial charge on any atom is 0.252 e. The van der Waals surface area contributed by atoms with Crippen molar-refractivity contribution < 1.29 is 18.3 Å². The molecule has 1 unspecified atom stereocenters. The molecule has 2 N–H and O–H groups in total. The van der Waals surface area contributed by atoms with Crippen molar-refractivity contribution in [2.24, 2.45) is 0 Å². The van der Waals surface area contributed by atoms with Crippen LogP contribution in [0.2, 0.25) is 0 Å². The van der Waals surface area contributed by atoms with E-state index in [9.17, 15) is 18.3 Å². The van der Waals surface area contributed by atoms with Gasteiger partial charge in [-0.25, -0.2) is 8.42 Å². The summed E-state index contributed by atoms with van der Waals surface area (Å²) in [6, 6.07) is 26.6. The highest BCUT2D eigenvalue weighted by molar-refractivity contribution is 7.89. The first kappa shape index (κ1) is 21.6. The van der Waals surface area contributed by atoms with E-state index in [1.165, 1.54) is 6.26 Å². The van der Waals surface area contributed by atoms with Crippen LogP contribution in [0, 0.1) is 0 Å². The second kappa shape index (κ2) is 8.85. The molecular formula is C26H23NO4S. The van der Waals surface area contributed by atoms with Gasteiger partial charge >= 0.3 is 0 Å². The third-order valence-electron chi connectivity index (χ3n) is 5.29. The van der Waals surface area contributed by atoms with Gasteiger partial charge in [-0.2, -0.15) is 0 Å². The first-order chi connectivity index (χ1) is 15.3. The SMILES string of the molecule is CS(=O)(=O)Cc1ccc(C(=O)NC(c2ccccc2)c2c(O)ccc3ccccc23)cc1. The van der Waals surface area contributed by atoms with Gasteiger partial charge in [-0.15, -0.1) is 0 Å². The highest BCUT2D eigenvalue weighted by Gasteiger charge is 2.23. The number of nitrogens with one attached hydrogen (secondary N) is 1. The fourth-order valence-electron chi connectivity index (χ4n) is 3.82. The number of hydrogen-bond donors (Lipinski definition) is 2. The second-order valence-electron chi connectivity index (χ2n) is 7.80. The van der Waals surface area contributed by atoms with Gasteiger partial charge in [0.05, 0.1) is 11.8 Å². The van der Waals surface area contributed by atoms with Crippen LogP contribution in [0.1, 0.15) is 33.1 Å². The second-order valence-corrected chi connectivity index (χ2v) is 9.94. The zero-order valence-electron chi connectivity index (χ0n) is 17.5. The van der Waals surface area contributed by atoms with Gasteiger partial charge in [-0.05, 0) is 40.1 Å². The lowest BCUT2D eigenvalue weighted by Gasteiger charge is -2.23. The van der Waals surface area contributed by atoms with E-state index in [2.05, 4.69) is 5.32 Å². The average Bonchev–Trinajstić information content (AvgIpc) is 2.78. The molecule has 1 atom stereocenters. The topological polar surface area (TPSA) is 83.5 Å². The molecular weight excluding hydrogens is 422 g/mol. The van der Waals surface area contributed by atoms with Crippen LogP contribution in [0.5, 0.6) is 5.75 Å². The molecule has 0 saturated carbocycles. The van der Waals surface area contributed by atoms with E-state index in [1.54, 1.807) is 30.3 Å². The molecule has 162 valence electrons. The molecule has 0 aliphatic heterocycles. The molecule has 0 bridgehead atoms. The highest BCUT2D eigenvalue weighted by Crippen LogP contribution is 2.36. The molecule has 0 aliphatic rings. The lowest BCUT2D eigenvalue weighted by Crippen LogP contribution is -2.29. The zero-order valence-corrected chi connectivity index (χ0v) is 18.3. The molecule has 5 nitrogen and oxygen atoms in total. The largest absolute Gasteiger partial charge is 0.508 e. The van der Waals surface area contributed by atoms with Crippen LogP contribution in [0.4, 0.5) is 0 Å². The molecule has 0 spiro atoms. The van der Waals surface area contributed by atoms with Gasteiger partial charge in [-0.1, -0.05) is 72.8 Å². The molecule has 1 amide bonds. The molecule has 0 aromatic heterocycles. The summed E-state index contributed by atoms with van der Waals surface area (Å²) in [5.41, 5.74) is 2.48. The first-order valence-electron chi connectivity index (χ1n) is 10.1. The van der Waals surface area contributed by atoms with Crippen molar-refractivity contribution in [3.05, 3.63) is 113 Å². The summed E-state index contributed by atoms with van der Waals surface area (Å²) in [6.07, 6.45) is 1.18. The molecule has 0 radical (unpaired) electrons. The van der Waals surface area contributed by atoms with Crippen molar-refractivity contribution in [3.63, 3.8) is 0 Å². The molecule has 4 rings (SSSR count). The highest BCUT2D eigenvalue weighted by atomic mass is 32.2. The Hall–Kier alpha value is -3.64. The number of fused-ring (bicyclic) bond motifs is 1. The summed E-state index contributed by atoms with van der Waals surface area (Å²) < 4.78 is 23.0. The van der Waals surface area contributed by atoms with Crippen LogP contribution in [0.3, 0.4) is 0 Å². The fourth-order valence-corrected chi connectivity index (χ4v) is 4.62. The van der Waals surface area contributed by atoms with Crippen LogP contribution in [0.25, 0.3) is 10.8 Å². The van der Waals surface area contributed by atoms with E-state index in [-0.39, 0.29) is 17.4 Å². The van der Waals surface area contributed by atoms with Gasteiger partial charge in [0.15, 0.2) is 9.84 Å². The van der Waals surface area contributed by atoms with Gasteiger partial charge in [0.25, 0.3) is 5.91 Å². The lowest BCUT2D eigenvalue weighted by molar-refractivity contribution is 0.0943. The van der Waals surface area contributed by atoms with E-state index < -0.39 is 15.9 Å². The molecule has 0 fully saturated rings. The van der Waals surface area contributed by atoms with Crippen LogP contribution in [-0.2, 0) is 15.6 Å². The molecule has 4 aromatic rings. The Bertz CT molecular complexity index is 1360. The molecule has 0 saturated heterocycles. The summed E-state index contributed by atoms with van der Waals surface area (Å²) in [6.45, 7) is 0. The Kier molecular flexibility index (Phi) is 5.97. The lowest BCUT2D eigenvalue weighted by atomic mass is 9.92. The summed E-state index contributed by atoms with van der Waals surface area (Å²) in [4.78, 5) is 13.1. The van der Waals surface area contributed by atoms with Crippen molar-refractivity contribution >= 4 is 26.5 Å². The number of carbonyl (C=O) groups excluding carboxylic acids is 1. The number of carbonyl (C=O) groups is 1. The zero-order chi connectivity index (χ0) is 22.7. The van der Waals surface area contributed by atoms with Crippen molar-refractivity contribution in [1.82, 2.24) is 5.32 Å². The number of hydrogen-bond acceptors (Lipinski definition) is 4. The maximum atomic E-state index is 13.1.